The number of para-hydroxylation sites is 1. The van der Waals surface area contributed by atoms with E-state index in [4.69, 9.17) is 0 Å². The summed E-state index contributed by atoms with van der Waals surface area (Å²) in [6, 6.07) is 10.7. The van der Waals surface area contributed by atoms with Gasteiger partial charge in [-0.25, -0.2) is 4.68 Å². The molecule has 1 saturated carbocycles. The maximum absolute atomic E-state index is 12.5. The molecular formula is C17H21N3O. The Morgan fingerprint density at radius 1 is 1.33 bits per heavy atom. The van der Waals surface area contributed by atoms with Crippen molar-refractivity contribution in [3.8, 4) is 5.69 Å². The predicted molar refractivity (Wildman–Crippen MR) is 82.3 cm³/mol. The third kappa shape index (κ3) is 3.15. The molecule has 0 bridgehead atoms. The van der Waals surface area contributed by atoms with Crippen LogP contribution in [0.3, 0.4) is 0 Å². The molecule has 2 aromatic rings. The van der Waals surface area contributed by atoms with Gasteiger partial charge in [-0.2, -0.15) is 5.10 Å². The van der Waals surface area contributed by atoms with E-state index in [-0.39, 0.29) is 11.9 Å². The highest BCUT2D eigenvalue weighted by atomic mass is 16.2. The minimum absolute atomic E-state index is 0.208. The van der Waals surface area contributed by atoms with Crippen LogP contribution >= 0.6 is 0 Å². The first-order chi connectivity index (χ1) is 10.1. The van der Waals surface area contributed by atoms with Crippen LogP contribution in [0.1, 0.15) is 32.3 Å². The third-order valence-corrected chi connectivity index (χ3v) is 3.80. The van der Waals surface area contributed by atoms with Gasteiger partial charge in [0.25, 0.3) is 0 Å². The molecule has 3 rings (SSSR count). The Morgan fingerprint density at radius 3 is 2.67 bits per heavy atom. The molecule has 110 valence electrons. The summed E-state index contributed by atoms with van der Waals surface area (Å²) in [5.41, 5.74) is 1.98. The van der Waals surface area contributed by atoms with E-state index in [0.717, 1.165) is 24.1 Å². The molecule has 1 heterocycles. The first-order valence-corrected chi connectivity index (χ1v) is 7.55. The van der Waals surface area contributed by atoms with Gasteiger partial charge in [0, 0.05) is 18.3 Å². The number of amides is 1. The number of benzene rings is 1. The van der Waals surface area contributed by atoms with E-state index in [1.807, 2.05) is 46.1 Å². The van der Waals surface area contributed by atoms with Gasteiger partial charge < -0.3 is 4.90 Å². The maximum Gasteiger partial charge on any atom is 0.227 e. The van der Waals surface area contributed by atoms with Crippen molar-refractivity contribution in [2.75, 3.05) is 0 Å². The van der Waals surface area contributed by atoms with Crippen molar-refractivity contribution in [1.82, 2.24) is 14.7 Å². The van der Waals surface area contributed by atoms with E-state index in [9.17, 15) is 4.79 Å². The normalized spacial score (nSPS) is 14.4. The number of carbonyl (C=O) groups excluding carboxylic acids is 1. The summed E-state index contributed by atoms with van der Waals surface area (Å²) >= 11 is 0. The Bertz CT molecular complexity index is 612. The molecule has 0 aliphatic heterocycles. The second-order valence-corrected chi connectivity index (χ2v) is 5.93. The van der Waals surface area contributed by atoms with Gasteiger partial charge in [-0.1, -0.05) is 18.2 Å². The molecule has 0 spiro atoms. The van der Waals surface area contributed by atoms with Crippen LogP contribution in [0, 0.1) is 0 Å². The molecule has 0 saturated heterocycles. The molecule has 4 nitrogen and oxygen atoms in total. The Balaban J connectivity index is 1.71. The highest BCUT2D eigenvalue weighted by molar-refractivity contribution is 5.79. The maximum atomic E-state index is 12.5. The van der Waals surface area contributed by atoms with Gasteiger partial charge >= 0.3 is 0 Å². The summed E-state index contributed by atoms with van der Waals surface area (Å²) in [6.07, 6.45) is 6.46. The Kier molecular flexibility index (Phi) is 3.78. The minimum Gasteiger partial charge on any atom is -0.337 e. The molecule has 1 fully saturated rings. The first kappa shape index (κ1) is 13.9. The molecule has 0 atom stereocenters. The molecule has 1 aromatic heterocycles. The monoisotopic (exact) mass is 283 g/mol. The van der Waals surface area contributed by atoms with Crippen molar-refractivity contribution >= 4 is 5.91 Å². The van der Waals surface area contributed by atoms with Gasteiger partial charge in [0.15, 0.2) is 0 Å². The fourth-order valence-corrected chi connectivity index (χ4v) is 2.71. The number of carbonyl (C=O) groups is 1. The Morgan fingerprint density at radius 2 is 2.05 bits per heavy atom. The van der Waals surface area contributed by atoms with Crippen LogP contribution in [0.2, 0.25) is 0 Å². The first-order valence-electron chi connectivity index (χ1n) is 7.55. The smallest absolute Gasteiger partial charge is 0.227 e. The quantitative estimate of drug-likeness (QED) is 0.846. The van der Waals surface area contributed by atoms with E-state index in [1.54, 1.807) is 6.20 Å². The lowest BCUT2D eigenvalue weighted by Crippen LogP contribution is -2.39. The highest BCUT2D eigenvalue weighted by Crippen LogP contribution is 2.29. The van der Waals surface area contributed by atoms with E-state index < -0.39 is 0 Å². The zero-order chi connectivity index (χ0) is 14.8. The molecule has 21 heavy (non-hydrogen) atoms. The summed E-state index contributed by atoms with van der Waals surface area (Å²) < 4.78 is 1.82. The van der Waals surface area contributed by atoms with Crippen molar-refractivity contribution in [2.24, 2.45) is 0 Å². The molecular weight excluding hydrogens is 262 g/mol. The second kappa shape index (κ2) is 5.72. The number of hydrogen-bond donors (Lipinski definition) is 0. The molecule has 1 aliphatic carbocycles. The van der Waals surface area contributed by atoms with Crippen molar-refractivity contribution in [2.45, 2.75) is 45.2 Å². The molecule has 1 aromatic carbocycles. The van der Waals surface area contributed by atoms with Crippen molar-refractivity contribution in [3.63, 3.8) is 0 Å². The van der Waals surface area contributed by atoms with Crippen LogP contribution in [-0.4, -0.2) is 32.7 Å². The molecule has 1 aliphatic rings. The summed E-state index contributed by atoms with van der Waals surface area (Å²) in [6.45, 7) is 4.17. The van der Waals surface area contributed by atoms with Crippen molar-refractivity contribution in [3.05, 3.63) is 48.3 Å². The van der Waals surface area contributed by atoms with E-state index >= 15 is 0 Å². The lowest BCUT2D eigenvalue weighted by atomic mass is 10.2. The van der Waals surface area contributed by atoms with E-state index in [1.165, 1.54) is 0 Å². The number of nitrogens with zero attached hydrogens (tertiary/aromatic N) is 3. The van der Waals surface area contributed by atoms with E-state index in [0.29, 0.717) is 12.5 Å². The zero-order valence-corrected chi connectivity index (χ0v) is 12.6. The summed E-state index contributed by atoms with van der Waals surface area (Å²) in [5.74, 6) is 0.208. The molecule has 4 heteroatoms. The fraction of sp³-hybridized carbons (Fsp3) is 0.412. The summed E-state index contributed by atoms with van der Waals surface area (Å²) in [5, 5.41) is 4.35. The number of rotatable bonds is 5. The lowest BCUT2D eigenvalue weighted by Gasteiger charge is -2.26. The van der Waals surface area contributed by atoms with Gasteiger partial charge in [0.1, 0.15) is 0 Å². The minimum atomic E-state index is 0.208. The van der Waals surface area contributed by atoms with Crippen LogP contribution in [0.5, 0.6) is 0 Å². The number of hydrogen-bond acceptors (Lipinski definition) is 2. The number of aromatic nitrogens is 2. The standard InChI is InChI=1S/C17H21N3O/c1-13(2)20(16-8-9-16)17(21)10-14-11-18-19(12-14)15-6-4-3-5-7-15/h3-7,11-13,16H,8-10H2,1-2H3. The fourth-order valence-electron chi connectivity index (χ4n) is 2.71. The Labute approximate surface area is 125 Å². The van der Waals surface area contributed by atoms with Gasteiger partial charge in [-0.15, -0.1) is 0 Å². The predicted octanol–water partition coefficient (Wildman–Crippen LogP) is 2.81. The SMILES string of the molecule is CC(C)N(C(=O)Cc1cnn(-c2ccccc2)c1)C1CC1. The van der Waals surface area contributed by atoms with Crippen LogP contribution in [0.25, 0.3) is 5.69 Å². The topological polar surface area (TPSA) is 38.1 Å². The third-order valence-electron chi connectivity index (χ3n) is 3.80. The van der Waals surface area contributed by atoms with Gasteiger partial charge in [0.05, 0.1) is 18.3 Å². The molecule has 0 unspecified atom stereocenters. The summed E-state index contributed by atoms with van der Waals surface area (Å²) in [7, 11) is 0. The van der Waals surface area contributed by atoms with Crippen LogP contribution in [-0.2, 0) is 11.2 Å². The largest absolute Gasteiger partial charge is 0.337 e. The molecule has 1 amide bonds. The average Bonchev–Trinajstić information content (AvgIpc) is 3.17. The zero-order valence-electron chi connectivity index (χ0n) is 12.6. The average molecular weight is 283 g/mol. The lowest BCUT2D eigenvalue weighted by molar-refractivity contribution is -0.132. The Hall–Kier alpha value is -2.10. The van der Waals surface area contributed by atoms with Crippen LogP contribution in [0.15, 0.2) is 42.7 Å². The van der Waals surface area contributed by atoms with Gasteiger partial charge in [0.2, 0.25) is 5.91 Å². The molecule has 0 radical (unpaired) electrons. The van der Waals surface area contributed by atoms with Crippen molar-refractivity contribution in [1.29, 1.82) is 0 Å². The van der Waals surface area contributed by atoms with Crippen LogP contribution < -0.4 is 0 Å². The highest BCUT2D eigenvalue weighted by Gasteiger charge is 2.34. The second-order valence-electron chi connectivity index (χ2n) is 5.93. The van der Waals surface area contributed by atoms with Gasteiger partial charge in [-0.05, 0) is 44.4 Å². The van der Waals surface area contributed by atoms with Crippen LogP contribution in [0.4, 0.5) is 0 Å². The van der Waals surface area contributed by atoms with Crippen molar-refractivity contribution < 1.29 is 4.79 Å². The molecule has 0 N–H and O–H groups in total. The summed E-state index contributed by atoms with van der Waals surface area (Å²) in [4.78, 5) is 14.5. The van der Waals surface area contributed by atoms with Gasteiger partial charge in [-0.3, -0.25) is 4.79 Å². The van der Waals surface area contributed by atoms with E-state index in [2.05, 4.69) is 18.9 Å².